The van der Waals surface area contributed by atoms with Gasteiger partial charge >= 0.3 is 0 Å². The normalized spacial score (nSPS) is 23.6. The molecule has 0 saturated heterocycles. The fourth-order valence-electron chi connectivity index (χ4n) is 1.52. The highest BCUT2D eigenvalue weighted by atomic mass is 16.5. The lowest BCUT2D eigenvalue weighted by Crippen LogP contribution is -2.24. The summed E-state index contributed by atoms with van der Waals surface area (Å²) in [7, 11) is 1.65. The molecule has 1 N–H and O–H groups in total. The predicted molar refractivity (Wildman–Crippen MR) is 53.3 cm³/mol. The van der Waals surface area contributed by atoms with Crippen LogP contribution in [0.15, 0.2) is 23.5 Å². The van der Waals surface area contributed by atoms with Gasteiger partial charge in [-0.2, -0.15) is 0 Å². The third-order valence-electron chi connectivity index (χ3n) is 2.30. The van der Waals surface area contributed by atoms with Gasteiger partial charge in [0, 0.05) is 0 Å². The van der Waals surface area contributed by atoms with Crippen LogP contribution in [-0.4, -0.2) is 18.3 Å². The Labute approximate surface area is 79.9 Å². The quantitative estimate of drug-likeness (QED) is 0.674. The standard InChI is InChI=1S/C11H18O2/c1-11(2,3)9-7-8(13-4)5-6-10(9)12/h5,7,10,12H,6H2,1-4H3. The second-order valence-electron chi connectivity index (χ2n) is 4.41. The molecule has 0 aliphatic heterocycles. The molecule has 0 fully saturated rings. The van der Waals surface area contributed by atoms with Gasteiger partial charge in [0.2, 0.25) is 0 Å². The maximum atomic E-state index is 9.75. The zero-order valence-corrected chi connectivity index (χ0v) is 8.79. The van der Waals surface area contributed by atoms with E-state index in [4.69, 9.17) is 4.74 Å². The molecule has 0 aromatic rings. The monoisotopic (exact) mass is 182 g/mol. The maximum Gasteiger partial charge on any atom is 0.115 e. The number of ether oxygens (including phenoxy) is 1. The van der Waals surface area contributed by atoms with Crippen molar-refractivity contribution in [2.75, 3.05) is 7.11 Å². The molecule has 2 heteroatoms. The van der Waals surface area contributed by atoms with E-state index in [2.05, 4.69) is 20.8 Å². The van der Waals surface area contributed by atoms with Gasteiger partial charge in [-0.15, -0.1) is 0 Å². The van der Waals surface area contributed by atoms with Crippen LogP contribution in [0.1, 0.15) is 27.2 Å². The molecule has 74 valence electrons. The maximum absolute atomic E-state index is 9.75. The second kappa shape index (κ2) is 3.54. The smallest absolute Gasteiger partial charge is 0.115 e. The van der Waals surface area contributed by atoms with Gasteiger partial charge < -0.3 is 9.84 Å². The SMILES string of the molecule is COC1=CCC(O)C(C(C)(C)C)=C1. The van der Waals surface area contributed by atoms with Crippen molar-refractivity contribution >= 4 is 0 Å². The second-order valence-corrected chi connectivity index (χ2v) is 4.41. The molecule has 0 aromatic heterocycles. The van der Waals surface area contributed by atoms with E-state index in [1.807, 2.05) is 12.2 Å². The molecule has 0 amide bonds. The third-order valence-corrected chi connectivity index (χ3v) is 2.30. The van der Waals surface area contributed by atoms with Crippen LogP contribution in [0, 0.1) is 5.41 Å². The van der Waals surface area contributed by atoms with Gasteiger partial charge in [0.15, 0.2) is 0 Å². The molecule has 0 heterocycles. The highest BCUT2D eigenvalue weighted by Gasteiger charge is 2.26. The number of aliphatic hydroxyl groups excluding tert-OH is 1. The number of allylic oxidation sites excluding steroid dienone is 1. The molecule has 1 aliphatic rings. The summed E-state index contributed by atoms with van der Waals surface area (Å²) < 4.78 is 5.14. The first kappa shape index (κ1) is 10.3. The Balaban J connectivity index is 2.92. The van der Waals surface area contributed by atoms with Crippen molar-refractivity contribution in [1.29, 1.82) is 0 Å². The minimum Gasteiger partial charge on any atom is -0.497 e. The van der Waals surface area contributed by atoms with Crippen LogP contribution in [0.5, 0.6) is 0 Å². The van der Waals surface area contributed by atoms with Gasteiger partial charge in [0.1, 0.15) is 5.76 Å². The fourth-order valence-corrected chi connectivity index (χ4v) is 1.52. The summed E-state index contributed by atoms with van der Waals surface area (Å²) in [6.07, 6.45) is 4.17. The Bertz CT molecular complexity index is 243. The molecule has 0 bridgehead atoms. The van der Waals surface area contributed by atoms with E-state index in [0.717, 1.165) is 11.3 Å². The van der Waals surface area contributed by atoms with Crippen molar-refractivity contribution in [2.45, 2.75) is 33.3 Å². The zero-order chi connectivity index (χ0) is 10.1. The number of hydrogen-bond acceptors (Lipinski definition) is 2. The van der Waals surface area contributed by atoms with Gasteiger partial charge in [-0.3, -0.25) is 0 Å². The topological polar surface area (TPSA) is 29.5 Å². The third kappa shape index (κ3) is 2.34. The molecule has 2 nitrogen and oxygen atoms in total. The van der Waals surface area contributed by atoms with Crippen LogP contribution >= 0.6 is 0 Å². The minimum absolute atomic E-state index is 0.0114. The first-order valence-corrected chi connectivity index (χ1v) is 4.59. The molecule has 1 atom stereocenters. The van der Waals surface area contributed by atoms with E-state index in [0.29, 0.717) is 6.42 Å². The molecule has 13 heavy (non-hydrogen) atoms. The summed E-state index contributed by atoms with van der Waals surface area (Å²) in [6.45, 7) is 6.29. The van der Waals surface area contributed by atoms with Gasteiger partial charge in [-0.1, -0.05) is 20.8 Å². The Morgan fingerprint density at radius 3 is 2.54 bits per heavy atom. The van der Waals surface area contributed by atoms with Crippen molar-refractivity contribution in [3.05, 3.63) is 23.5 Å². The van der Waals surface area contributed by atoms with Crippen LogP contribution in [0.4, 0.5) is 0 Å². The van der Waals surface area contributed by atoms with Gasteiger partial charge in [0.05, 0.1) is 13.2 Å². The van der Waals surface area contributed by atoms with Crippen LogP contribution in [-0.2, 0) is 4.74 Å². The predicted octanol–water partition coefficient (Wildman–Crippen LogP) is 2.25. The Kier molecular flexibility index (Phi) is 2.81. The van der Waals surface area contributed by atoms with Gasteiger partial charge in [-0.25, -0.2) is 0 Å². The highest BCUT2D eigenvalue weighted by molar-refractivity contribution is 5.30. The van der Waals surface area contributed by atoms with Crippen molar-refractivity contribution in [3.8, 4) is 0 Å². The van der Waals surface area contributed by atoms with Crippen molar-refractivity contribution < 1.29 is 9.84 Å². The molecular formula is C11H18O2. The fraction of sp³-hybridized carbons (Fsp3) is 0.636. The number of hydrogen-bond donors (Lipinski definition) is 1. The van der Waals surface area contributed by atoms with E-state index in [1.54, 1.807) is 7.11 Å². The van der Waals surface area contributed by atoms with Crippen molar-refractivity contribution in [2.24, 2.45) is 5.41 Å². The summed E-state index contributed by atoms with van der Waals surface area (Å²) >= 11 is 0. The first-order chi connectivity index (χ1) is 5.95. The average Bonchev–Trinajstić information content (AvgIpc) is 2.03. The number of aliphatic hydroxyl groups is 1. The van der Waals surface area contributed by atoms with E-state index in [-0.39, 0.29) is 11.5 Å². The zero-order valence-electron chi connectivity index (χ0n) is 8.79. The van der Waals surface area contributed by atoms with E-state index >= 15 is 0 Å². The first-order valence-electron chi connectivity index (χ1n) is 4.59. The lowest BCUT2D eigenvalue weighted by Gasteiger charge is -2.29. The minimum atomic E-state index is -0.348. The summed E-state index contributed by atoms with van der Waals surface area (Å²) in [4.78, 5) is 0. The van der Waals surface area contributed by atoms with E-state index in [9.17, 15) is 5.11 Å². The Morgan fingerprint density at radius 2 is 2.08 bits per heavy atom. The lowest BCUT2D eigenvalue weighted by atomic mass is 9.80. The van der Waals surface area contributed by atoms with E-state index in [1.165, 1.54) is 0 Å². The van der Waals surface area contributed by atoms with Crippen molar-refractivity contribution in [3.63, 3.8) is 0 Å². The molecule has 1 unspecified atom stereocenters. The molecule has 0 radical (unpaired) electrons. The van der Waals surface area contributed by atoms with Gasteiger partial charge in [0.25, 0.3) is 0 Å². The average molecular weight is 182 g/mol. The summed E-state index contributed by atoms with van der Waals surface area (Å²) in [5, 5.41) is 9.75. The molecule has 0 aromatic carbocycles. The highest BCUT2D eigenvalue weighted by Crippen LogP contribution is 2.33. The molecule has 0 saturated carbocycles. The summed E-state index contributed by atoms with van der Waals surface area (Å²) in [5.41, 5.74) is 1.06. The lowest BCUT2D eigenvalue weighted by molar-refractivity contribution is 0.179. The van der Waals surface area contributed by atoms with Gasteiger partial charge in [-0.05, 0) is 29.6 Å². The van der Waals surface area contributed by atoms with Crippen LogP contribution in [0.3, 0.4) is 0 Å². The Hall–Kier alpha value is -0.760. The Morgan fingerprint density at radius 1 is 1.46 bits per heavy atom. The van der Waals surface area contributed by atoms with Crippen LogP contribution < -0.4 is 0 Å². The summed E-state index contributed by atoms with van der Waals surface area (Å²) in [5.74, 6) is 0.857. The molecular weight excluding hydrogens is 164 g/mol. The molecule has 0 spiro atoms. The molecule has 1 aliphatic carbocycles. The molecule has 1 rings (SSSR count). The van der Waals surface area contributed by atoms with Crippen molar-refractivity contribution in [1.82, 2.24) is 0 Å². The number of methoxy groups -OCH3 is 1. The number of rotatable bonds is 1. The largest absolute Gasteiger partial charge is 0.497 e. The van der Waals surface area contributed by atoms with Crippen LogP contribution in [0.2, 0.25) is 0 Å². The summed E-state index contributed by atoms with van der Waals surface area (Å²) in [6, 6.07) is 0. The van der Waals surface area contributed by atoms with E-state index < -0.39 is 0 Å². The van der Waals surface area contributed by atoms with Crippen LogP contribution in [0.25, 0.3) is 0 Å².